The molecule has 0 spiro atoms. The van der Waals surface area contributed by atoms with Crippen molar-refractivity contribution in [1.82, 2.24) is 18.3 Å². The number of fused-ring (bicyclic) bond motifs is 12. The predicted molar refractivity (Wildman–Crippen MR) is 353 cm³/mol. The molecule has 4 heterocycles. The van der Waals surface area contributed by atoms with Gasteiger partial charge in [-0.05, 0) is 117 Å². The summed E-state index contributed by atoms with van der Waals surface area (Å²) < 4.78 is 9.97. The van der Waals surface area contributed by atoms with E-state index in [1.807, 2.05) is 0 Å². The number of para-hydroxylation sites is 5. The van der Waals surface area contributed by atoms with E-state index in [1.165, 1.54) is 85.9 Å². The normalized spacial score (nSPS) is 12.1. The minimum Gasteiger partial charge on any atom is -0.309 e. The van der Waals surface area contributed by atoms with Crippen LogP contribution in [0.2, 0.25) is 0 Å². The molecule has 17 aromatic rings. The highest BCUT2D eigenvalue weighted by molar-refractivity contribution is 7.20. The van der Waals surface area contributed by atoms with Crippen molar-refractivity contribution in [3.63, 3.8) is 0 Å². The lowest BCUT2D eigenvalue weighted by atomic mass is 10.0. The van der Waals surface area contributed by atoms with Crippen molar-refractivity contribution < 1.29 is 0 Å². The summed E-state index contributed by atoms with van der Waals surface area (Å²) in [5, 5.41) is 15.2. The molecule has 0 amide bonds. The van der Waals surface area contributed by atoms with Crippen molar-refractivity contribution in [1.29, 1.82) is 0 Å². The highest BCUT2D eigenvalue weighted by Crippen LogP contribution is 2.43. The highest BCUT2D eigenvalue weighted by Gasteiger charge is 2.41. The van der Waals surface area contributed by atoms with E-state index in [2.05, 4.69) is 334 Å². The Hall–Kier alpha value is -10.7. The second kappa shape index (κ2) is 18.7. The summed E-state index contributed by atoms with van der Waals surface area (Å²) in [6, 6.07) is 118. The second-order valence-electron chi connectivity index (χ2n) is 22.0. The van der Waals surface area contributed by atoms with E-state index in [-0.39, 0.29) is 0 Å². The van der Waals surface area contributed by atoms with Crippen molar-refractivity contribution in [2.24, 2.45) is 0 Å². The SMILES string of the molecule is c1ccc(-c2cc(-n3c4ccccc4c4cc(-n5c6ccccc6c6ccc([Si](c7ccccc7)(c7ccccc7)c7ccccc7)cc65)ccc43)cc(-n3c4ccccc4c4c(-n5c6ccccc6c6ccccc65)cccc43)c2)cc1. The minimum atomic E-state index is -2.84. The van der Waals surface area contributed by atoms with E-state index in [0.29, 0.717) is 0 Å². The lowest BCUT2D eigenvalue weighted by Crippen LogP contribution is -2.74. The van der Waals surface area contributed by atoms with Gasteiger partial charge >= 0.3 is 0 Å². The number of benzene rings is 13. The van der Waals surface area contributed by atoms with E-state index in [1.54, 1.807) is 0 Å². The van der Waals surface area contributed by atoms with Crippen LogP contribution in [0.5, 0.6) is 0 Å². The minimum absolute atomic E-state index is 1.09. The molecule has 0 aliphatic rings. The zero-order valence-electron chi connectivity index (χ0n) is 45.3. The molecule has 0 radical (unpaired) electrons. The fourth-order valence-electron chi connectivity index (χ4n) is 14.2. The number of aromatic nitrogens is 4. The molecule has 0 aliphatic heterocycles. The number of rotatable bonds is 9. The largest absolute Gasteiger partial charge is 0.309 e. The molecule has 4 aromatic heterocycles. The number of nitrogens with zero attached hydrogens (tertiary/aromatic N) is 4. The van der Waals surface area contributed by atoms with Crippen molar-refractivity contribution in [3.8, 4) is 33.9 Å². The maximum Gasteiger partial charge on any atom is 0.179 e. The number of hydrogen-bond donors (Lipinski definition) is 0. The van der Waals surface area contributed by atoms with Gasteiger partial charge in [-0.2, -0.15) is 0 Å². The first-order valence-electron chi connectivity index (χ1n) is 28.7. The first-order valence-corrected chi connectivity index (χ1v) is 30.7. The third-order valence-electron chi connectivity index (χ3n) is 17.7. The summed E-state index contributed by atoms with van der Waals surface area (Å²) in [7, 11) is -2.84. The Morgan fingerprint density at radius 1 is 0.193 bits per heavy atom. The molecular weight excluding hydrogens is 1020 g/mol. The molecule has 0 unspecified atom stereocenters. The molecule has 0 saturated carbocycles. The quantitative estimate of drug-likeness (QED) is 0.101. The summed E-state index contributed by atoms with van der Waals surface area (Å²) in [6.45, 7) is 0. The first kappa shape index (κ1) is 47.1. The van der Waals surface area contributed by atoms with Crippen molar-refractivity contribution in [2.75, 3.05) is 0 Å². The Morgan fingerprint density at radius 3 is 1.13 bits per heavy atom. The van der Waals surface area contributed by atoms with Gasteiger partial charge in [-0.3, -0.25) is 0 Å². The summed E-state index contributed by atoms with van der Waals surface area (Å²) in [5.74, 6) is 0. The van der Waals surface area contributed by atoms with Gasteiger partial charge in [0.25, 0.3) is 0 Å². The molecule has 4 nitrogen and oxygen atoms in total. The third-order valence-corrected chi connectivity index (χ3v) is 22.4. The van der Waals surface area contributed by atoms with Crippen LogP contribution in [-0.4, -0.2) is 26.3 Å². The lowest BCUT2D eigenvalue weighted by Gasteiger charge is -2.34. The average Bonchev–Trinajstić information content (AvgIpc) is 4.27. The van der Waals surface area contributed by atoms with Gasteiger partial charge in [0.2, 0.25) is 0 Å². The van der Waals surface area contributed by atoms with Crippen LogP contribution < -0.4 is 20.7 Å². The standard InChI is InChI=1S/C78H52N4Si/c1-5-24-53(25-6-1)54-48-56(50-57(49-54)81-73-41-22-17-36-67(73)78-75(81)42-23-43-76(78)82-71-39-20-14-32-62(71)63-33-15-21-40-72(63)82)80-70-38-19-16-35-65(70)68-51-55(44-47-74(68)80)79-69-37-18-13-34-64(69)66-46-45-61(52-77(66)79)83(58-26-7-2-8-27-58,59-28-9-3-10-29-59)60-30-11-4-12-31-60/h1-52H. The molecular formula is C78H52N4Si. The molecule has 17 rings (SSSR count). The summed E-state index contributed by atoms with van der Waals surface area (Å²) in [5.41, 5.74) is 16.2. The molecule has 0 bridgehead atoms. The van der Waals surface area contributed by atoms with Crippen molar-refractivity contribution >= 4 is 116 Å². The van der Waals surface area contributed by atoms with Gasteiger partial charge in [0.15, 0.2) is 8.07 Å². The Bertz CT molecular complexity index is 5230. The predicted octanol–water partition coefficient (Wildman–Crippen LogP) is 17.1. The van der Waals surface area contributed by atoms with Crippen LogP contribution in [0.25, 0.3) is 121 Å². The fourth-order valence-corrected chi connectivity index (χ4v) is 19.0. The molecule has 0 aliphatic carbocycles. The van der Waals surface area contributed by atoms with E-state index in [4.69, 9.17) is 0 Å². The highest BCUT2D eigenvalue weighted by atomic mass is 28.3. The van der Waals surface area contributed by atoms with E-state index >= 15 is 0 Å². The Kier molecular flexibility index (Phi) is 10.6. The molecule has 13 aromatic carbocycles. The van der Waals surface area contributed by atoms with Crippen LogP contribution in [0.1, 0.15) is 0 Å². The van der Waals surface area contributed by atoms with Crippen molar-refractivity contribution in [2.45, 2.75) is 0 Å². The van der Waals surface area contributed by atoms with Gasteiger partial charge in [-0.1, -0.05) is 231 Å². The summed E-state index contributed by atoms with van der Waals surface area (Å²) in [6.07, 6.45) is 0. The van der Waals surface area contributed by atoms with Gasteiger partial charge < -0.3 is 18.3 Å². The zero-order chi connectivity index (χ0) is 54.6. The van der Waals surface area contributed by atoms with E-state index in [9.17, 15) is 0 Å². The van der Waals surface area contributed by atoms with E-state index < -0.39 is 8.07 Å². The number of hydrogen-bond acceptors (Lipinski definition) is 0. The molecule has 5 heteroatoms. The second-order valence-corrected chi connectivity index (χ2v) is 25.8. The summed E-state index contributed by atoms with van der Waals surface area (Å²) >= 11 is 0. The van der Waals surface area contributed by atoms with Crippen LogP contribution in [0.3, 0.4) is 0 Å². The van der Waals surface area contributed by atoms with Gasteiger partial charge in [0.1, 0.15) is 0 Å². The van der Waals surface area contributed by atoms with E-state index in [0.717, 1.165) is 55.9 Å². The Morgan fingerprint density at radius 2 is 0.590 bits per heavy atom. The van der Waals surface area contributed by atoms with Crippen LogP contribution in [0.4, 0.5) is 0 Å². The molecule has 83 heavy (non-hydrogen) atoms. The Balaban J connectivity index is 0.895. The van der Waals surface area contributed by atoms with Crippen LogP contribution >= 0.6 is 0 Å². The van der Waals surface area contributed by atoms with Crippen LogP contribution in [0.15, 0.2) is 315 Å². The maximum atomic E-state index is 2.53. The molecule has 0 N–H and O–H groups in total. The molecule has 0 saturated heterocycles. The van der Waals surface area contributed by atoms with Gasteiger partial charge in [-0.15, -0.1) is 0 Å². The topological polar surface area (TPSA) is 19.7 Å². The molecule has 0 atom stereocenters. The summed E-state index contributed by atoms with van der Waals surface area (Å²) in [4.78, 5) is 0. The van der Waals surface area contributed by atoms with Gasteiger partial charge in [-0.25, -0.2) is 0 Å². The fraction of sp³-hybridized carbons (Fsp3) is 0. The maximum absolute atomic E-state index is 2.84. The average molecular weight is 1070 g/mol. The smallest absolute Gasteiger partial charge is 0.179 e. The molecule has 388 valence electrons. The lowest BCUT2D eigenvalue weighted by molar-refractivity contribution is 1.13. The Labute approximate surface area is 480 Å². The third kappa shape index (κ3) is 7.05. The van der Waals surface area contributed by atoms with Gasteiger partial charge in [0, 0.05) is 60.2 Å². The van der Waals surface area contributed by atoms with Crippen molar-refractivity contribution in [3.05, 3.63) is 315 Å². The zero-order valence-corrected chi connectivity index (χ0v) is 46.3. The van der Waals surface area contributed by atoms with Gasteiger partial charge in [0.05, 0.1) is 49.8 Å². The van der Waals surface area contributed by atoms with Crippen LogP contribution in [0, 0.1) is 0 Å². The molecule has 0 fully saturated rings. The monoisotopic (exact) mass is 1070 g/mol. The first-order chi connectivity index (χ1) is 41.2. The van der Waals surface area contributed by atoms with Crippen LogP contribution in [-0.2, 0) is 0 Å².